The molecule has 0 aliphatic rings. The van der Waals surface area contributed by atoms with E-state index in [4.69, 9.17) is 4.74 Å². The highest BCUT2D eigenvalue weighted by atomic mass is 32.2. The molecular weight excluding hydrogens is 402 g/mol. The zero-order valence-electron chi connectivity index (χ0n) is 16.6. The SMILES string of the molecule is CN(C)S(=O)(=O)c1cccc(C(=O)O[C@H](C(=O)c2ccccc2)c2ccccc2)c1. The predicted octanol–water partition coefficient (Wildman–Crippen LogP) is 3.72. The lowest BCUT2D eigenvalue weighted by Crippen LogP contribution is -2.23. The quantitative estimate of drug-likeness (QED) is 0.427. The number of esters is 1. The van der Waals surface area contributed by atoms with Crippen LogP contribution in [0, 0.1) is 0 Å². The molecule has 3 rings (SSSR count). The zero-order valence-corrected chi connectivity index (χ0v) is 17.4. The van der Waals surface area contributed by atoms with Crippen LogP contribution in [0.25, 0.3) is 0 Å². The summed E-state index contributed by atoms with van der Waals surface area (Å²) in [5.74, 6) is -1.16. The van der Waals surface area contributed by atoms with Crippen LogP contribution in [0.5, 0.6) is 0 Å². The number of benzene rings is 3. The molecule has 0 aliphatic heterocycles. The second-order valence-electron chi connectivity index (χ2n) is 6.74. The summed E-state index contributed by atoms with van der Waals surface area (Å²) in [5, 5.41) is 0. The van der Waals surface area contributed by atoms with E-state index in [1.165, 1.54) is 38.4 Å². The molecule has 1 atom stereocenters. The van der Waals surface area contributed by atoms with Crippen molar-refractivity contribution in [3.8, 4) is 0 Å². The van der Waals surface area contributed by atoms with Gasteiger partial charge in [0.25, 0.3) is 0 Å². The third-order valence-corrected chi connectivity index (χ3v) is 6.28. The Hall–Kier alpha value is -3.29. The van der Waals surface area contributed by atoms with Crippen LogP contribution in [0.3, 0.4) is 0 Å². The van der Waals surface area contributed by atoms with Crippen LogP contribution in [0.4, 0.5) is 0 Å². The lowest BCUT2D eigenvalue weighted by molar-refractivity contribution is 0.0280. The van der Waals surface area contributed by atoms with Gasteiger partial charge in [-0.1, -0.05) is 66.7 Å². The molecule has 0 saturated heterocycles. The van der Waals surface area contributed by atoms with Crippen LogP contribution >= 0.6 is 0 Å². The van der Waals surface area contributed by atoms with Gasteiger partial charge in [-0.15, -0.1) is 0 Å². The van der Waals surface area contributed by atoms with Gasteiger partial charge in [0, 0.05) is 25.2 Å². The number of hydrogen-bond donors (Lipinski definition) is 0. The Balaban J connectivity index is 1.94. The molecule has 0 saturated carbocycles. The topological polar surface area (TPSA) is 80.8 Å². The minimum absolute atomic E-state index is 0.0346. The molecular formula is C23H21NO5S. The van der Waals surface area contributed by atoms with Gasteiger partial charge in [-0.25, -0.2) is 17.5 Å². The number of carbonyl (C=O) groups is 2. The van der Waals surface area contributed by atoms with E-state index in [2.05, 4.69) is 0 Å². The van der Waals surface area contributed by atoms with Crippen LogP contribution in [-0.2, 0) is 14.8 Å². The third-order valence-electron chi connectivity index (χ3n) is 4.47. The Kier molecular flexibility index (Phi) is 6.44. The smallest absolute Gasteiger partial charge is 0.339 e. The molecule has 0 bridgehead atoms. The minimum atomic E-state index is -3.71. The standard InChI is InChI=1S/C23H21NO5S/c1-24(2)30(27,28)20-15-9-14-19(16-20)23(26)29-22(18-12-7-4-8-13-18)21(25)17-10-5-3-6-11-17/h3-16,22H,1-2H3/t22-/m0/s1. The predicted molar refractivity (Wildman–Crippen MR) is 113 cm³/mol. The average molecular weight is 423 g/mol. The fraction of sp³-hybridized carbons (Fsp3) is 0.130. The maximum absolute atomic E-state index is 13.0. The first-order valence-corrected chi connectivity index (χ1v) is 10.6. The number of nitrogens with zero attached hydrogens (tertiary/aromatic N) is 1. The second kappa shape index (κ2) is 9.02. The van der Waals surface area contributed by atoms with Crippen molar-refractivity contribution in [2.75, 3.05) is 14.1 Å². The molecule has 7 heteroatoms. The number of rotatable bonds is 7. The Morgan fingerprint density at radius 2 is 1.37 bits per heavy atom. The lowest BCUT2D eigenvalue weighted by atomic mass is 10.00. The van der Waals surface area contributed by atoms with Crippen LogP contribution in [0.1, 0.15) is 32.4 Å². The van der Waals surface area contributed by atoms with E-state index in [9.17, 15) is 18.0 Å². The van der Waals surface area contributed by atoms with E-state index < -0.39 is 22.1 Å². The van der Waals surface area contributed by atoms with Gasteiger partial charge in [0.05, 0.1) is 10.5 Å². The van der Waals surface area contributed by atoms with Crippen molar-refractivity contribution in [2.24, 2.45) is 0 Å². The van der Waals surface area contributed by atoms with Gasteiger partial charge in [0.15, 0.2) is 6.10 Å². The number of ketones is 1. The first-order chi connectivity index (χ1) is 14.3. The lowest BCUT2D eigenvalue weighted by Gasteiger charge is -2.18. The maximum Gasteiger partial charge on any atom is 0.339 e. The third kappa shape index (κ3) is 4.64. The fourth-order valence-corrected chi connectivity index (χ4v) is 3.77. The summed E-state index contributed by atoms with van der Waals surface area (Å²) in [4.78, 5) is 25.8. The molecule has 0 heterocycles. The van der Waals surface area contributed by atoms with Gasteiger partial charge in [-0.05, 0) is 18.2 Å². The molecule has 0 unspecified atom stereocenters. The number of sulfonamides is 1. The van der Waals surface area contributed by atoms with Crippen molar-refractivity contribution in [1.82, 2.24) is 4.31 Å². The summed E-state index contributed by atoms with van der Waals surface area (Å²) in [5.41, 5.74) is 0.972. The highest BCUT2D eigenvalue weighted by molar-refractivity contribution is 7.89. The molecule has 0 aliphatic carbocycles. The first kappa shape index (κ1) is 21.4. The second-order valence-corrected chi connectivity index (χ2v) is 8.89. The van der Waals surface area contributed by atoms with Gasteiger partial charge >= 0.3 is 5.97 Å². The van der Waals surface area contributed by atoms with E-state index in [-0.39, 0.29) is 16.2 Å². The zero-order chi connectivity index (χ0) is 21.7. The molecule has 154 valence electrons. The maximum atomic E-state index is 13.0. The molecule has 0 aromatic heterocycles. The van der Waals surface area contributed by atoms with E-state index in [1.807, 2.05) is 0 Å². The van der Waals surface area contributed by atoms with Gasteiger partial charge in [-0.2, -0.15) is 0 Å². The molecule has 0 radical (unpaired) electrons. The molecule has 6 nitrogen and oxygen atoms in total. The van der Waals surface area contributed by atoms with Crippen LogP contribution in [0.15, 0.2) is 89.8 Å². The molecule has 3 aromatic rings. The number of hydrogen-bond acceptors (Lipinski definition) is 5. The summed E-state index contributed by atoms with van der Waals surface area (Å²) in [6.45, 7) is 0. The van der Waals surface area contributed by atoms with Crippen LogP contribution in [0.2, 0.25) is 0 Å². The van der Waals surface area contributed by atoms with Crippen molar-refractivity contribution in [3.05, 3.63) is 102 Å². The van der Waals surface area contributed by atoms with Crippen molar-refractivity contribution in [2.45, 2.75) is 11.0 Å². The molecule has 0 fully saturated rings. The minimum Gasteiger partial charge on any atom is -0.445 e. The molecule has 3 aromatic carbocycles. The summed E-state index contributed by atoms with van der Waals surface area (Å²) in [7, 11) is -0.900. The van der Waals surface area contributed by atoms with Crippen LogP contribution in [-0.4, -0.2) is 38.6 Å². The summed E-state index contributed by atoms with van der Waals surface area (Å²) in [6, 6.07) is 22.8. The summed E-state index contributed by atoms with van der Waals surface area (Å²) in [6.07, 6.45) is -1.16. The van der Waals surface area contributed by atoms with Crippen molar-refractivity contribution >= 4 is 21.8 Å². The monoisotopic (exact) mass is 423 g/mol. The van der Waals surface area contributed by atoms with Gasteiger partial charge in [0.1, 0.15) is 0 Å². The van der Waals surface area contributed by atoms with Crippen molar-refractivity contribution in [1.29, 1.82) is 0 Å². The van der Waals surface area contributed by atoms with E-state index in [0.717, 1.165) is 4.31 Å². The molecule has 0 N–H and O–H groups in total. The first-order valence-electron chi connectivity index (χ1n) is 9.18. The van der Waals surface area contributed by atoms with Gasteiger partial charge in [0.2, 0.25) is 15.8 Å². The molecule has 0 spiro atoms. The van der Waals surface area contributed by atoms with Crippen molar-refractivity contribution < 1.29 is 22.7 Å². The van der Waals surface area contributed by atoms with Gasteiger partial charge in [-0.3, -0.25) is 4.79 Å². The molecule has 0 amide bonds. The Bertz CT molecular complexity index is 1140. The van der Waals surface area contributed by atoms with E-state index in [1.54, 1.807) is 60.7 Å². The largest absolute Gasteiger partial charge is 0.445 e. The average Bonchev–Trinajstić information content (AvgIpc) is 2.78. The van der Waals surface area contributed by atoms with Crippen LogP contribution < -0.4 is 0 Å². The Morgan fingerprint density at radius 3 is 1.97 bits per heavy atom. The Morgan fingerprint density at radius 1 is 0.800 bits per heavy atom. The number of ether oxygens (including phenoxy) is 1. The number of carbonyl (C=O) groups excluding carboxylic acids is 2. The summed E-state index contributed by atoms with van der Waals surface area (Å²) >= 11 is 0. The fourth-order valence-electron chi connectivity index (χ4n) is 2.82. The normalized spacial score (nSPS) is 12.4. The van der Waals surface area contributed by atoms with E-state index >= 15 is 0 Å². The Labute approximate surface area is 175 Å². The number of Topliss-reactive ketones (excluding diaryl/α,β-unsaturated/α-hetero) is 1. The van der Waals surface area contributed by atoms with Crippen molar-refractivity contribution in [3.63, 3.8) is 0 Å². The highest BCUT2D eigenvalue weighted by Gasteiger charge is 2.27. The van der Waals surface area contributed by atoms with E-state index in [0.29, 0.717) is 11.1 Å². The summed E-state index contributed by atoms with van der Waals surface area (Å²) < 4.78 is 31.4. The molecule has 30 heavy (non-hydrogen) atoms. The highest BCUT2D eigenvalue weighted by Crippen LogP contribution is 2.25. The van der Waals surface area contributed by atoms with Gasteiger partial charge < -0.3 is 4.74 Å².